The van der Waals surface area contributed by atoms with Crippen LogP contribution in [0.1, 0.15) is 31.9 Å². The van der Waals surface area contributed by atoms with Crippen molar-refractivity contribution >= 4 is 5.96 Å². The van der Waals surface area contributed by atoms with Crippen molar-refractivity contribution in [3.63, 3.8) is 0 Å². The fourth-order valence-electron chi connectivity index (χ4n) is 3.11. The van der Waals surface area contributed by atoms with E-state index in [1.54, 1.807) is 0 Å². The van der Waals surface area contributed by atoms with E-state index in [1.807, 2.05) is 11.6 Å². The summed E-state index contributed by atoms with van der Waals surface area (Å²) in [6.45, 7) is 5.78. The Morgan fingerprint density at radius 2 is 2.17 bits per heavy atom. The molecule has 1 aromatic carbocycles. The van der Waals surface area contributed by atoms with E-state index in [-0.39, 0.29) is 25.0 Å². The first-order chi connectivity index (χ1) is 14.1. The smallest absolute Gasteiger partial charge is 0.191 e. The van der Waals surface area contributed by atoms with Gasteiger partial charge in [-0.25, -0.2) is 14.1 Å². The van der Waals surface area contributed by atoms with Crippen molar-refractivity contribution in [3.05, 3.63) is 41.7 Å². The second kappa shape index (κ2) is 10.2. The zero-order valence-corrected chi connectivity index (χ0v) is 16.9. The van der Waals surface area contributed by atoms with Crippen molar-refractivity contribution in [2.24, 2.45) is 4.99 Å². The monoisotopic (exact) mass is 404 g/mol. The highest BCUT2D eigenvalue weighted by atomic mass is 19.1. The van der Waals surface area contributed by atoms with Crippen LogP contribution < -0.4 is 15.4 Å². The third-order valence-corrected chi connectivity index (χ3v) is 4.62. The number of fused-ring (bicyclic) bond motifs is 1. The molecule has 2 unspecified atom stereocenters. The third-order valence-electron chi connectivity index (χ3n) is 4.62. The molecular formula is C20H29FN6O2. The molecule has 2 heterocycles. The molecule has 0 aliphatic carbocycles. The lowest BCUT2D eigenvalue weighted by Gasteiger charge is -2.25. The number of rotatable bonds is 8. The first kappa shape index (κ1) is 21.0. The molecule has 1 aliphatic rings. The van der Waals surface area contributed by atoms with E-state index in [1.165, 1.54) is 24.3 Å². The molecule has 3 rings (SSSR count). The molecule has 8 nitrogen and oxygen atoms in total. The number of aliphatic hydroxyl groups excluding tert-OH is 1. The molecule has 2 atom stereocenters. The molecule has 0 amide bonds. The predicted octanol–water partition coefficient (Wildman–Crippen LogP) is 1.29. The van der Waals surface area contributed by atoms with E-state index in [4.69, 9.17) is 4.74 Å². The average Bonchev–Trinajstić information content (AvgIpc) is 3.14. The van der Waals surface area contributed by atoms with E-state index in [9.17, 15) is 9.50 Å². The van der Waals surface area contributed by atoms with Crippen LogP contribution in [0, 0.1) is 5.82 Å². The molecule has 0 bridgehead atoms. The van der Waals surface area contributed by atoms with Crippen molar-refractivity contribution in [1.82, 2.24) is 25.4 Å². The van der Waals surface area contributed by atoms with Gasteiger partial charge in [0.15, 0.2) is 11.8 Å². The van der Waals surface area contributed by atoms with Crippen molar-refractivity contribution in [2.45, 2.75) is 51.8 Å². The van der Waals surface area contributed by atoms with Gasteiger partial charge in [-0.1, -0.05) is 6.92 Å². The lowest BCUT2D eigenvalue weighted by Crippen LogP contribution is -2.47. The Balaban J connectivity index is 1.50. The number of aliphatic imine (C=N–C) groups is 1. The van der Waals surface area contributed by atoms with Gasteiger partial charge >= 0.3 is 0 Å². The fourth-order valence-corrected chi connectivity index (χ4v) is 3.11. The van der Waals surface area contributed by atoms with Gasteiger partial charge in [-0.2, -0.15) is 5.10 Å². The second-order valence-corrected chi connectivity index (χ2v) is 7.00. The van der Waals surface area contributed by atoms with Gasteiger partial charge in [0, 0.05) is 25.4 Å². The standard InChI is InChI=1S/C20H29FN6O2/c1-3-18-25-19-10-7-15(12-27(19)26-18)24-20(22-4-2)23-11-16(28)13-29-17-8-5-14(21)6-9-17/h5-6,8-9,15-16,28H,3-4,7,10-13H2,1-2H3,(H2,22,23,24). The maximum Gasteiger partial charge on any atom is 0.191 e. The zero-order valence-electron chi connectivity index (χ0n) is 16.9. The van der Waals surface area contributed by atoms with Crippen LogP contribution in [0.3, 0.4) is 0 Å². The lowest BCUT2D eigenvalue weighted by molar-refractivity contribution is 0.114. The van der Waals surface area contributed by atoms with E-state index in [0.29, 0.717) is 11.7 Å². The highest BCUT2D eigenvalue weighted by molar-refractivity contribution is 5.80. The van der Waals surface area contributed by atoms with Gasteiger partial charge in [-0.3, -0.25) is 4.99 Å². The molecule has 0 saturated carbocycles. The minimum Gasteiger partial charge on any atom is -0.491 e. The Labute approximate surface area is 170 Å². The van der Waals surface area contributed by atoms with Crippen LogP contribution in [-0.2, 0) is 19.4 Å². The van der Waals surface area contributed by atoms with Crippen LogP contribution in [-0.4, -0.2) is 57.7 Å². The molecule has 2 aromatic rings. The summed E-state index contributed by atoms with van der Waals surface area (Å²) in [6, 6.07) is 5.90. The Morgan fingerprint density at radius 3 is 2.90 bits per heavy atom. The molecule has 9 heteroatoms. The van der Waals surface area contributed by atoms with Crippen LogP contribution in [0.2, 0.25) is 0 Å². The first-order valence-corrected chi connectivity index (χ1v) is 10.1. The molecule has 1 aliphatic heterocycles. The molecule has 3 N–H and O–H groups in total. The largest absolute Gasteiger partial charge is 0.491 e. The minimum absolute atomic E-state index is 0.0834. The quantitative estimate of drug-likeness (QED) is 0.453. The van der Waals surface area contributed by atoms with Crippen LogP contribution in [0.25, 0.3) is 0 Å². The Kier molecular flexibility index (Phi) is 7.40. The Bertz CT molecular complexity index is 808. The number of nitrogens with zero attached hydrogens (tertiary/aromatic N) is 4. The Morgan fingerprint density at radius 1 is 1.38 bits per heavy atom. The summed E-state index contributed by atoms with van der Waals surface area (Å²) in [7, 11) is 0. The van der Waals surface area contributed by atoms with Gasteiger partial charge in [-0.05, 0) is 37.6 Å². The summed E-state index contributed by atoms with van der Waals surface area (Å²) in [4.78, 5) is 9.01. The van der Waals surface area contributed by atoms with Gasteiger partial charge in [0.1, 0.15) is 30.1 Å². The minimum atomic E-state index is -0.768. The van der Waals surface area contributed by atoms with Gasteiger partial charge in [0.05, 0.1) is 13.1 Å². The number of aliphatic hydroxyl groups is 1. The van der Waals surface area contributed by atoms with Crippen molar-refractivity contribution in [3.8, 4) is 5.75 Å². The highest BCUT2D eigenvalue weighted by Gasteiger charge is 2.22. The number of nitrogens with one attached hydrogen (secondary N) is 2. The molecule has 1 aromatic heterocycles. The fraction of sp³-hybridized carbons (Fsp3) is 0.550. The van der Waals surface area contributed by atoms with Gasteiger partial charge in [0.25, 0.3) is 0 Å². The number of aromatic nitrogens is 3. The molecule has 29 heavy (non-hydrogen) atoms. The summed E-state index contributed by atoms with van der Waals surface area (Å²) < 4.78 is 20.4. The molecule has 0 saturated heterocycles. The summed E-state index contributed by atoms with van der Waals surface area (Å²) in [5, 5.41) is 21.3. The second-order valence-electron chi connectivity index (χ2n) is 7.00. The average molecular weight is 404 g/mol. The summed E-state index contributed by atoms with van der Waals surface area (Å²) in [5.74, 6) is 2.76. The highest BCUT2D eigenvalue weighted by Crippen LogP contribution is 2.13. The topological polar surface area (TPSA) is 96.6 Å². The normalized spacial score (nSPS) is 17.5. The van der Waals surface area contributed by atoms with E-state index in [2.05, 4.69) is 32.6 Å². The maximum absolute atomic E-state index is 12.9. The van der Waals surface area contributed by atoms with Crippen LogP contribution >= 0.6 is 0 Å². The molecular weight excluding hydrogens is 375 g/mol. The SMILES string of the molecule is CCNC(=NCC(O)COc1ccc(F)cc1)NC1CCc2nc(CC)nn2C1. The van der Waals surface area contributed by atoms with E-state index in [0.717, 1.165) is 44.0 Å². The van der Waals surface area contributed by atoms with Gasteiger partial charge in [-0.15, -0.1) is 0 Å². The first-order valence-electron chi connectivity index (χ1n) is 10.1. The summed E-state index contributed by atoms with van der Waals surface area (Å²) in [6.07, 6.45) is 1.89. The van der Waals surface area contributed by atoms with Crippen molar-refractivity contribution in [1.29, 1.82) is 0 Å². The van der Waals surface area contributed by atoms with Gasteiger partial charge < -0.3 is 20.5 Å². The predicted molar refractivity (Wildman–Crippen MR) is 109 cm³/mol. The van der Waals surface area contributed by atoms with E-state index < -0.39 is 6.10 Å². The number of halogens is 1. The zero-order chi connectivity index (χ0) is 20.6. The number of guanidine groups is 1. The lowest BCUT2D eigenvalue weighted by atomic mass is 10.1. The third kappa shape index (κ3) is 6.15. The number of hydrogen-bond acceptors (Lipinski definition) is 5. The molecule has 0 radical (unpaired) electrons. The molecule has 0 fully saturated rings. The maximum atomic E-state index is 12.9. The van der Waals surface area contributed by atoms with E-state index >= 15 is 0 Å². The summed E-state index contributed by atoms with van der Waals surface area (Å²) >= 11 is 0. The molecule has 0 spiro atoms. The number of hydrogen-bond donors (Lipinski definition) is 3. The number of aryl methyl sites for hydroxylation is 2. The van der Waals surface area contributed by atoms with Crippen LogP contribution in [0.5, 0.6) is 5.75 Å². The van der Waals surface area contributed by atoms with Crippen molar-refractivity contribution < 1.29 is 14.2 Å². The number of benzene rings is 1. The van der Waals surface area contributed by atoms with Crippen molar-refractivity contribution in [2.75, 3.05) is 19.7 Å². The van der Waals surface area contributed by atoms with Crippen LogP contribution in [0.4, 0.5) is 4.39 Å². The van der Waals surface area contributed by atoms with Crippen LogP contribution in [0.15, 0.2) is 29.3 Å². The number of ether oxygens (including phenoxy) is 1. The molecule has 158 valence electrons. The van der Waals surface area contributed by atoms with Gasteiger partial charge in [0.2, 0.25) is 0 Å². The Hall–Kier alpha value is -2.68. The summed E-state index contributed by atoms with van der Waals surface area (Å²) in [5.41, 5.74) is 0.